The molecule has 124 valence electrons. The quantitative estimate of drug-likeness (QED) is 0.769. The molecule has 0 saturated carbocycles. The molecule has 2 aromatic carbocycles. The maximum atomic E-state index is 6.00. The summed E-state index contributed by atoms with van der Waals surface area (Å²) >= 11 is 0. The van der Waals surface area contributed by atoms with Crippen molar-refractivity contribution in [3.8, 4) is 17.1 Å². The van der Waals surface area contributed by atoms with E-state index >= 15 is 0 Å². The average molecular weight is 323 g/mol. The summed E-state index contributed by atoms with van der Waals surface area (Å²) in [5.74, 6) is 1.87. The van der Waals surface area contributed by atoms with Crippen LogP contribution in [0.2, 0.25) is 0 Å². The molecule has 1 aromatic heterocycles. The third-order valence-electron chi connectivity index (χ3n) is 3.78. The first-order valence-electron chi connectivity index (χ1n) is 7.92. The van der Waals surface area contributed by atoms with Crippen molar-refractivity contribution >= 4 is 0 Å². The molecule has 0 bridgehead atoms. The highest BCUT2D eigenvalue weighted by molar-refractivity contribution is 5.61. The molecule has 0 aliphatic rings. The largest absolute Gasteiger partial charge is 0.488 e. The zero-order chi connectivity index (χ0) is 17.1. The molecule has 2 N–H and O–H groups in total. The van der Waals surface area contributed by atoms with Crippen molar-refractivity contribution in [3.05, 3.63) is 65.0 Å². The summed E-state index contributed by atoms with van der Waals surface area (Å²) in [4.78, 5) is 4.34. The second-order valence-electron chi connectivity index (χ2n) is 5.96. The van der Waals surface area contributed by atoms with E-state index in [0.717, 1.165) is 28.0 Å². The van der Waals surface area contributed by atoms with Gasteiger partial charge >= 0.3 is 0 Å². The van der Waals surface area contributed by atoms with E-state index in [1.165, 1.54) is 0 Å². The standard InChI is InChI=1S/C19H21N3O2/c1-12-9-16(18-21-19(14(3)20)24-22-18)10-13(2)17(12)23-11-15-7-5-4-6-8-15/h4-10,14H,11,20H2,1-3H3. The van der Waals surface area contributed by atoms with E-state index in [0.29, 0.717) is 18.3 Å². The number of benzene rings is 2. The molecule has 0 spiro atoms. The van der Waals surface area contributed by atoms with Crippen molar-refractivity contribution in [1.82, 2.24) is 10.1 Å². The van der Waals surface area contributed by atoms with Gasteiger partial charge in [0.05, 0.1) is 6.04 Å². The fourth-order valence-electron chi connectivity index (χ4n) is 2.57. The lowest BCUT2D eigenvalue weighted by atomic mass is 10.1. The lowest BCUT2D eigenvalue weighted by Crippen LogP contribution is -2.04. The number of rotatable bonds is 5. The molecular weight excluding hydrogens is 302 g/mol. The minimum Gasteiger partial charge on any atom is -0.488 e. The van der Waals surface area contributed by atoms with Crippen molar-refractivity contribution < 1.29 is 9.26 Å². The summed E-state index contributed by atoms with van der Waals surface area (Å²) in [7, 11) is 0. The molecule has 0 fully saturated rings. The fourth-order valence-corrected chi connectivity index (χ4v) is 2.57. The fraction of sp³-hybridized carbons (Fsp3) is 0.263. The molecule has 5 nitrogen and oxygen atoms in total. The van der Waals surface area contributed by atoms with Gasteiger partial charge < -0.3 is 15.0 Å². The molecule has 1 heterocycles. The van der Waals surface area contributed by atoms with Crippen LogP contribution in [-0.4, -0.2) is 10.1 Å². The minimum absolute atomic E-state index is 0.276. The van der Waals surface area contributed by atoms with Gasteiger partial charge in [0.1, 0.15) is 12.4 Å². The Kier molecular flexibility index (Phi) is 4.62. The first-order valence-corrected chi connectivity index (χ1v) is 7.92. The Morgan fingerprint density at radius 1 is 1.12 bits per heavy atom. The molecule has 1 unspecified atom stereocenters. The molecule has 0 saturated heterocycles. The van der Waals surface area contributed by atoms with E-state index < -0.39 is 0 Å². The maximum Gasteiger partial charge on any atom is 0.243 e. The van der Waals surface area contributed by atoms with E-state index in [2.05, 4.69) is 10.1 Å². The number of hydrogen-bond acceptors (Lipinski definition) is 5. The first kappa shape index (κ1) is 16.2. The molecular formula is C19H21N3O2. The van der Waals surface area contributed by atoms with Crippen molar-refractivity contribution in [2.24, 2.45) is 5.73 Å². The Morgan fingerprint density at radius 2 is 1.79 bits per heavy atom. The van der Waals surface area contributed by atoms with E-state index in [1.54, 1.807) is 0 Å². The van der Waals surface area contributed by atoms with E-state index in [9.17, 15) is 0 Å². The van der Waals surface area contributed by atoms with Gasteiger partial charge in [0.15, 0.2) is 0 Å². The van der Waals surface area contributed by atoms with Crippen LogP contribution in [0.3, 0.4) is 0 Å². The molecule has 5 heteroatoms. The monoisotopic (exact) mass is 323 g/mol. The number of aryl methyl sites for hydroxylation is 2. The molecule has 24 heavy (non-hydrogen) atoms. The van der Waals surface area contributed by atoms with Crippen LogP contribution in [0, 0.1) is 13.8 Å². The van der Waals surface area contributed by atoms with E-state index in [-0.39, 0.29) is 6.04 Å². The topological polar surface area (TPSA) is 74.2 Å². The predicted octanol–water partition coefficient (Wildman–Crippen LogP) is 3.95. The number of hydrogen-bond donors (Lipinski definition) is 1. The Morgan fingerprint density at radius 3 is 2.38 bits per heavy atom. The van der Waals surface area contributed by atoms with Crippen LogP contribution in [0.15, 0.2) is 47.0 Å². The Hall–Kier alpha value is -2.66. The normalized spacial score (nSPS) is 12.2. The van der Waals surface area contributed by atoms with Gasteiger partial charge in [0, 0.05) is 5.56 Å². The lowest BCUT2D eigenvalue weighted by Gasteiger charge is -2.13. The van der Waals surface area contributed by atoms with E-state index in [4.69, 9.17) is 15.0 Å². The van der Waals surface area contributed by atoms with Crippen LogP contribution < -0.4 is 10.5 Å². The minimum atomic E-state index is -0.276. The number of nitrogens with zero attached hydrogens (tertiary/aromatic N) is 2. The molecule has 3 rings (SSSR count). The highest BCUT2D eigenvalue weighted by Crippen LogP contribution is 2.30. The summed E-state index contributed by atoms with van der Waals surface area (Å²) in [6.07, 6.45) is 0. The molecule has 0 radical (unpaired) electrons. The maximum absolute atomic E-state index is 6.00. The Labute approximate surface area is 141 Å². The third kappa shape index (κ3) is 3.46. The zero-order valence-corrected chi connectivity index (χ0v) is 14.1. The van der Waals surface area contributed by atoms with Crippen molar-refractivity contribution in [3.63, 3.8) is 0 Å². The van der Waals surface area contributed by atoms with Crippen LogP contribution in [0.4, 0.5) is 0 Å². The highest BCUT2D eigenvalue weighted by atomic mass is 16.5. The van der Waals surface area contributed by atoms with Crippen molar-refractivity contribution in [2.45, 2.75) is 33.4 Å². The lowest BCUT2D eigenvalue weighted by molar-refractivity contribution is 0.302. The second kappa shape index (κ2) is 6.84. The van der Waals surface area contributed by atoms with Crippen LogP contribution in [-0.2, 0) is 6.61 Å². The number of ether oxygens (including phenoxy) is 1. The number of nitrogens with two attached hydrogens (primary N) is 1. The highest BCUT2D eigenvalue weighted by Gasteiger charge is 2.14. The van der Waals surface area contributed by atoms with Gasteiger partial charge in [-0.2, -0.15) is 4.98 Å². The van der Waals surface area contributed by atoms with Gasteiger partial charge in [-0.15, -0.1) is 0 Å². The van der Waals surface area contributed by atoms with Gasteiger partial charge in [-0.25, -0.2) is 0 Å². The predicted molar refractivity (Wildman–Crippen MR) is 92.6 cm³/mol. The number of aromatic nitrogens is 2. The van der Waals surface area contributed by atoms with Gasteiger partial charge in [-0.1, -0.05) is 35.5 Å². The van der Waals surface area contributed by atoms with Crippen LogP contribution in [0.1, 0.15) is 35.5 Å². The first-order chi connectivity index (χ1) is 11.5. The zero-order valence-electron chi connectivity index (χ0n) is 14.1. The summed E-state index contributed by atoms with van der Waals surface area (Å²) in [6.45, 7) is 6.39. The van der Waals surface area contributed by atoms with Crippen molar-refractivity contribution in [2.75, 3.05) is 0 Å². The van der Waals surface area contributed by atoms with Crippen molar-refractivity contribution in [1.29, 1.82) is 0 Å². The molecule has 1 atom stereocenters. The van der Waals surface area contributed by atoms with Crippen LogP contribution >= 0.6 is 0 Å². The summed E-state index contributed by atoms with van der Waals surface area (Å²) < 4.78 is 11.2. The van der Waals surface area contributed by atoms with Crippen LogP contribution in [0.25, 0.3) is 11.4 Å². The summed E-state index contributed by atoms with van der Waals surface area (Å²) in [6, 6.07) is 13.8. The van der Waals surface area contributed by atoms with Crippen LogP contribution in [0.5, 0.6) is 5.75 Å². The SMILES string of the molecule is Cc1cc(-c2noc(C(C)N)n2)cc(C)c1OCc1ccccc1. The third-order valence-corrected chi connectivity index (χ3v) is 3.78. The summed E-state index contributed by atoms with van der Waals surface area (Å²) in [5.41, 5.74) is 9.87. The second-order valence-corrected chi connectivity index (χ2v) is 5.96. The van der Waals surface area contributed by atoms with E-state index in [1.807, 2.05) is 63.2 Å². The smallest absolute Gasteiger partial charge is 0.243 e. The average Bonchev–Trinajstić information content (AvgIpc) is 3.05. The molecule has 3 aromatic rings. The molecule has 0 aliphatic carbocycles. The summed E-state index contributed by atoms with van der Waals surface area (Å²) in [5, 5.41) is 4.01. The molecule has 0 aliphatic heterocycles. The van der Waals surface area contributed by atoms with Gasteiger partial charge in [0.2, 0.25) is 11.7 Å². The van der Waals surface area contributed by atoms with Gasteiger partial charge in [-0.3, -0.25) is 0 Å². The van der Waals surface area contributed by atoms with Gasteiger partial charge in [0.25, 0.3) is 0 Å². The van der Waals surface area contributed by atoms with Gasteiger partial charge in [-0.05, 0) is 49.6 Å². The Bertz CT molecular complexity index is 803. The Balaban J connectivity index is 1.82. The molecule has 0 amide bonds.